The molecule has 7 heteroatoms. The molecular formula is C17H20N6O. The SMILES string of the molecule is Cc1ccc(-n2nnnc2/C=C\Nc2cc(C(C)(C)C)on2)cc1. The summed E-state index contributed by atoms with van der Waals surface area (Å²) in [6, 6.07) is 9.87. The van der Waals surface area contributed by atoms with Crippen molar-refractivity contribution < 1.29 is 4.52 Å². The number of aryl methyl sites for hydroxylation is 1. The van der Waals surface area contributed by atoms with Gasteiger partial charge >= 0.3 is 0 Å². The standard InChI is InChI=1S/C17H20N6O/c1-12-5-7-13(8-6-12)23-16(19-21-22-23)9-10-18-15-11-14(24-20-15)17(2,3)4/h5-11H,1-4H3,(H,18,20)/b10-9-. The second-order valence-electron chi connectivity index (χ2n) is 6.59. The Morgan fingerprint density at radius 2 is 1.92 bits per heavy atom. The normalized spacial score (nSPS) is 12.0. The third-order valence-corrected chi connectivity index (χ3v) is 3.49. The Labute approximate surface area is 140 Å². The summed E-state index contributed by atoms with van der Waals surface area (Å²) < 4.78 is 7.00. The molecule has 3 aromatic rings. The Kier molecular flexibility index (Phi) is 4.16. The van der Waals surface area contributed by atoms with Crippen molar-refractivity contribution in [3.8, 4) is 5.69 Å². The molecule has 0 saturated heterocycles. The first-order valence-electron chi connectivity index (χ1n) is 7.69. The molecule has 0 amide bonds. The van der Waals surface area contributed by atoms with Gasteiger partial charge in [-0.05, 0) is 29.5 Å². The average molecular weight is 324 g/mol. The lowest BCUT2D eigenvalue weighted by Crippen LogP contribution is -2.09. The Morgan fingerprint density at radius 3 is 2.58 bits per heavy atom. The summed E-state index contributed by atoms with van der Waals surface area (Å²) in [4.78, 5) is 0. The third kappa shape index (κ3) is 3.51. The molecule has 0 spiro atoms. The molecule has 2 heterocycles. The highest BCUT2D eigenvalue weighted by Crippen LogP contribution is 2.24. The van der Waals surface area contributed by atoms with E-state index in [9.17, 15) is 0 Å². The molecule has 0 fully saturated rings. The predicted molar refractivity (Wildman–Crippen MR) is 91.8 cm³/mol. The van der Waals surface area contributed by atoms with Gasteiger partial charge in [-0.25, -0.2) is 0 Å². The van der Waals surface area contributed by atoms with Crippen LogP contribution in [0.2, 0.25) is 0 Å². The number of aromatic nitrogens is 5. The maximum atomic E-state index is 5.33. The number of hydrogen-bond acceptors (Lipinski definition) is 6. The Hall–Kier alpha value is -2.96. The Morgan fingerprint density at radius 1 is 1.17 bits per heavy atom. The van der Waals surface area contributed by atoms with E-state index in [0.717, 1.165) is 11.4 Å². The number of tetrazole rings is 1. The van der Waals surface area contributed by atoms with Gasteiger partial charge in [0.1, 0.15) is 5.76 Å². The summed E-state index contributed by atoms with van der Waals surface area (Å²) in [6.45, 7) is 8.26. The van der Waals surface area contributed by atoms with Crippen molar-refractivity contribution in [2.24, 2.45) is 0 Å². The molecule has 7 nitrogen and oxygen atoms in total. The zero-order valence-corrected chi connectivity index (χ0v) is 14.2. The highest BCUT2D eigenvalue weighted by Gasteiger charge is 2.19. The second kappa shape index (κ2) is 6.27. The van der Waals surface area contributed by atoms with Gasteiger partial charge in [0.25, 0.3) is 0 Å². The summed E-state index contributed by atoms with van der Waals surface area (Å²) in [5.74, 6) is 2.08. The van der Waals surface area contributed by atoms with Gasteiger partial charge in [-0.2, -0.15) is 4.68 Å². The fraction of sp³-hybridized carbons (Fsp3) is 0.294. The van der Waals surface area contributed by atoms with Crippen LogP contribution in [0.3, 0.4) is 0 Å². The molecule has 0 aliphatic heterocycles. The van der Waals surface area contributed by atoms with Crippen molar-refractivity contribution >= 4 is 11.9 Å². The van der Waals surface area contributed by atoms with Gasteiger partial charge in [0.05, 0.1) is 5.69 Å². The molecule has 0 bridgehead atoms. The topological polar surface area (TPSA) is 81.7 Å². The molecule has 1 N–H and O–H groups in total. The van der Waals surface area contributed by atoms with E-state index in [1.807, 2.05) is 37.3 Å². The Balaban J connectivity index is 1.73. The number of rotatable bonds is 4. The highest BCUT2D eigenvalue weighted by molar-refractivity contribution is 5.49. The van der Waals surface area contributed by atoms with E-state index >= 15 is 0 Å². The van der Waals surface area contributed by atoms with Crippen LogP contribution in [-0.4, -0.2) is 25.4 Å². The van der Waals surface area contributed by atoms with Crippen molar-refractivity contribution in [2.45, 2.75) is 33.1 Å². The molecule has 3 rings (SSSR count). The summed E-state index contributed by atoms with van der Waals surface area (Å²) in [5.41, 5.74) is 2.01. The van der Waals surface area contributed by atoms with E-state index in [1.54, 1.807) is 17.0 Å². The van der Waals surface area contributed by atoms with Crippen molar-refractivity contribution in [1.82, 2.24) is 25.4 Å². The first kappa shape index (κ1) is 15.9. The molecule has 0 unspecified atom stereocenters. The zero-order valence-electron chi connectivity index (χ0n) is 14.2. The van der Waals surface area contributed by atoms with Crippen LogP contribution in [0.5, 0.6) is 0 Å². The lowest BCUT2D eigenvalue weighted by Gasteiger charge is -2.11. The molecule has 0 radical (unpaired) electrons. The fourth-order valence-corrected chi connectivity index (χ4v) is 2.07. The summed E-state index contributed by atoms with van der Waals surface area (Å²) in [7, 11) is 0. The largest absolute Gasteiger partial charge is 0.359 e. The quantitative estimate of drug-likeness (QED) is 0.792. The van der Waals surface area contributed by atoms with Crippen LogP contribution in [0.25, 0.3) is 11.8 Å². The number of benzene rings is 1. The van der Waals surface area contributed by atoms with Gasteiger partial charge in [0.15, 0.2) is 11.6 Å². The number of nitrogens with one attached hydrogen (secondary N) is 1. The minimum atomic E-state index is -0.0772. The van der Waals surface area contributed by atoms with Gasteiger partial charge in [-0.3, -0.25) is 0 Å². The molecule has 24 heavy (non-hydrogen) atoms. The molecule has 2 aromatic heterocycles. The van der Waals surface area contributed by atoms with Crippen LogP contribution < -0.4 is 5.32 Å². The minimum Gasteiger partial charge on any atom is -0.359 e. The van der Waals surface area contributed by atoms with E-state index < -0.39 is 0 Å². The lowest BCUT2D eigenvalue weighted by molar-refractivity contribution is 0.331. The monoisotopic (exact) mass is 324 g/mol. The minimum absolute atomic E-state index is 0.0772. The van der Waals surface area contributed by atoms with Crippen molar-refractivity contribution in [1.29, 1.82) is 0 Å². The summed E-state index contributed by atoms with van der Waals surface area (Å²) in [5, 5.41) is 18.8. The van der Waals surface area contributed by atoms with Gasteiger partial charge in [0.2, 0.25) is 0 Å². The van der Waals surface area contributed by atoms with Crippen LogP contribution in [0.4, 0.5) is 5.82 Å². The lowest BCUT2D eigenvalue weighted by atomic mass is 9.93. The summed E-state index contributed by atoms with van der Waals surface area (Å²) in [6.07, 6.45) is 3.52. The van der Waals surface area contributed by atoms with Crippen molar-refractivity contribution in [2.75, 3.05) is 5.32 Å². The van der Waals surface area contributed by atoms with Crippen LogP contribution >= 0.6 is 0 Å². The first-order chi connectivity index (χ1) is 11.4. The molecule has 124 valence electrons. The van der Waals surface area contributed by atoms with Crippen molar-refractivity contribution in [3.05, 3.63) is 53.7 Å². The van der Waals surface area contributed by atoms with Crippen LogP contribution in [0.1, 0.15) is 37.9 Å². The second-order valence-corrected chi connectivity index (χ2v) is 6.59. The molecule has 0 atom stereocenters. The van der Waals surface area contributed by atoms with Gasteiger partial charge in [-0.15, -0.1) is 5.10 Å². The first-order valence-corrected chi connectivity index (χ1v) is 7.69. The van der Waals surface area contributed by atoms with Gasteiger partial charge in [-0.1, -0.05) is 43.6 Å². The van der Waals surface area contributed by atoms with Crippen LogP contribution in [0.15, 0.2) is 41.1 Å². The van der Waals surface area contributed by atoms with E-state index in [0.29, 0.717) is 11.6 Å². The average Bonchev–Trinajstić information content (AvgIpc) is 3.17. The Bertz CT molecular complexity index is 839. The fourth-order valence-electron chi connectivity index (χ4n) is 2.07. The zero-order chi connectivity index (χ0) is 17.2. The number of nitrogens with zero attached hydrogens (tertiary/aromatic N) is 5. The maximum absolute atomic E-state index is 5.33. The highest BCUT2D eigenvalue weighted by atomic mass is 16.5. The number of anilines is 1. The van der Waals surface area contributed by atoms with Gasteiger partial charge in [0, 0.05) is 23.8 Å². The van der Waals surface area contributed by atoms with E-state index in [2.05, 4.69) is 46.8 Å². The van der Waals surface area contributed by atoms with E-state index in [1.165, 1.54) is 5.56 Å². The molecular weight excluding hydrogens is 304 g/mol. The van der Waals surface area contributed by atoms with Crippen LogP contribution in [-0.2, 0) is 5.41 Å². The van der Waals surface area contributed by atoms with Gasteiger partial charge < -0.3 is 9.84 Å². The number of hydrogen-bond donors (Lipinski definition) is 1. The molecule has 0 saturated carbocycles. The molecule has 0 aliphatic rings. The maximum Gasteiger partial charge on any atom is 0.181 e. The van der Waals surface area contributed by atoms with Crippen molar-refractivity contribution in [3.63, 3.8) is 0 Å². The smallest absolute Gasteiger partial charge is 0.181 e. The third-order valence-electron chi connectivity index (χ3n) is 3.49. The summed E-state index contributed by atoms with van der Waals surface area (Å²) >= 11 is 0. The predicted octanol–water partition coefficient (Wildman–Crippen LogP) is 3.34. The molecule has 1 aromatic carbocycles. The van der Waals surface area contributed by atoms with E-state index in [4.69, 9.17) is 4.52 Å². The molecule has 0 aliphatic carbocycles. The van der Waals surface area contributed by atoms with E-state index in [-0.39, 0.29) is 5.41 Å². The van der Waals surface area contributed by atoms with Crippen LogP contribution in [0, 0.1) is 6.92 Å².